The molecule has 0 saturated heterocycles. The van der Waals surface area contributed by atoms with Gasteiger partial charge in [0, 0.05) is 0 Å². The Balaban J connectivity index is -0.0000000964. The molecule has 0 atom stereocenters. The lowest BCUT2D eigenvalue weighted by Crippen LogP contribution is -1.81. The molecule has 0 saturated carbocycles. The number of hydrogen-bond donors (Lipinski definition) is 0. The van der Waals surface area contributed by atoms with Gasteiger partial charge in [-0.25, -0.2) is 0 Å². The van der Waals surface area contributed by atoms with Gasteiger partial charge in [-0.1, -0.05) is 314 Å². The van der Waals surface area contributed by atoms with Crippen molar-refractivity contribution in [1.29, 1.82) is 0 Å². The van der Waals surface area contributed by atoms with Crippen LogP contribution >= 0.6 is 149 Å². The van der Waals surface area contributed by atoms with Crippen molar-refractivity contribution in [3.8, 4) is 0 Å². The van der Waals surface area contributed by atoms with E-state index in [9.17, 15) is 0 Å². The molecule has 0 aromatic rings. The Morgan fingerprint density at radius 2 is 0.0980 bits per heavy atom. The minimum Gasteiger partial charge on any atom is -0.147 e. The van der Waals surface area contributed by atoms with Crippen LogP contribution in [0.4, 0.5) is 0 Å². The van der Waals surface area contributed by atoms with Crippen LogP contribution in [0, 0.1) is 0 Å². The van der Waals surface area contributed by atoms with Gasteiger partial charge in [0.2, 0.25) is 0 Å². The predicted octanol–water partition coefficient (Wildman–Crippen LogP) is 37.9. The second-order valence-electron chi connectivity index (χ2n) is 28.2. The van der Waals surface area contributed by atoms with E-state index in [-0.39, 0.29) is 149 Å². The van der Waals surface area contributed by atoms with E-state index in [1.165, 1.54) is 449 Å². The molecule has 0 spiro atoms. The molecule has 0 radical (unpaired) electrons. The molecule has 0 N–H and O–H groups in total. The maximum absolute atomic E-state index is 2.41. The van der Waals surface area contributed by atoms with Crippen LogP contribution in [0.25, 0.3) is 0 Å². The molecule has 0 fully saturated rings. The van der Waals surface area contributed by atoms with Crippen LogP contribution in [0.5, 0.6) is 0 Å². The van der Waals surface area contributed by atoms with Crippen LogP contribution in [0.1, 0.15) is 449 Å². The Hall–Kier alpha value is 0.880. The third-order valence-corrected chi connectivity index (χ3v) is 19.1. The summed E-state index contributed by atoms with van der Waals surface area (Å²) in [6.07, 6.45) is 145. The lowest BCUT2D eigenvalue weighted by atomic mass is 10.1. The van der Waals surface area contributed by atoms with Crippen LogP contribution in [0.3, 0.4) is 0 Å². The summed E-state index contributed by atoms with van der Waals surface area (Å²) in [6.45, 7) is 0. The van der Waals surface area contributed by atoms with Crippen molar-refractivity contribution < 1.29 is 0 Å². The Labute approximate surface area is 713 Å². The van der Waals surface area contributed by atoms with Crippen molar-refractivity contribution in [2.75, 3.05) is 0 Å². The normalized spacial score (nSPS) is 19.6. The Bertz CT molecular complexity index is 1270. The molecule has 12 heteroatoms. The van der Waals surface area contributed by atoms with Gasteiger partial charge in [0.05, 0.1) is 0 Å². The zero-order valence-electron chi connectivity index (χ0n) is 65.9. The molecule has 102 heavy (non-hydrogen) atoms. The first-order valence-electron chi connectivity index (χ1n) is 41.5. The van der Waals surface area contributed by atoms with Crippen molar-refractivity contribution in [1.82, 2.24) is 0 Å². The number of halogens is 12. The average Bonchev–Trinajstić information content (AvgIpc) is 3.79. The van der Waals surface area contributed by atoms with E-state index in [2.05, 4.69) is 122 Å². The van der Waals surface area contributed by atoms with Gasteiger partial charge in [0.25, 0.3) is 0 Å². The predicted molar refractivity (Wildman–Crippen MR) is 502 cm³/mol. The Morgan fingerprint density at radius 3 is 0.147 bits per heavy atom. The van der Waals surface area contributed by atoms with E-state index in [1.54, 1.807) is 0 Å². The van der Waals surface area contributed by atoms with Crippen LogP contribution in [-0.4, -0.2) is 0 Å². The summed E-state index contributed by atoms with van der Waals surface area (Å²) >= 11 is 0. The third-order valence-electron chi connectivity index (χ3n) is 19.1. The van der Waals surface area contributed by atoms with E-state index in [4.69, 9.17) is 0 Å². The maximum atomic E-state index is 2.41. The van der Waals surface area contributed by atoms with E-state index in [0.29, 0.717) is 0 Å². The molecule has 5 rings (SSSR count). The minimum atomic E-state index is 0. The molecule has 0 aliphatic heterocycles. The van der Waals surface area contributed by atoms with Gasteiger partial charge < -0.3 is 0 Å². The summed E-state index contributed by atoms with van der Waals surface area (Å²) in [4.78, 5) is 0. The van der Waals surface area contributed by atoms with Crippen LogP contribution in [0.2, 0.25) is 0 Å². The molecule has 0 heterocycles. The summed E-state index contributed by atoms with van der Waals surface area (Å²) in [6, 6.07) is 0. The number of allylic oxidation sites excluding steroid dienone is 20. The van der Waals surface area contributed by atoms with Gasteiger partial charge in [-0.3, -0.25) is 0 Å². The van der Waals surface area contributed by atoms with Gasteiger partial charge in [0.1, 0.15) is 0 Å². The maximum Gasteiger partial charge on any atom is -0.0351 e. The van der Waals surface area contributed by atoms with Gasteiger partial charge in [-0.05, 0) is 257 Å². The molecule has 5 aliphatic carbocycles. The first-order chi connectivity index (χ1) is 45.0. The topological polar surface area (TPSA) is 0 Å². The molecule has 0 aromatic heterocycles. The average molecular weight is 1680 g/mol. The molecule has 5 aliphatic rings. The first-order valence-corrected chi connectivity index (χ1v) is 41.5. The lowest BCUT2D eigenvalue weighted by Gasteiger charge is -2.00. The Kier molecular flexibility index (Phi) is 159. The largest absolute Gasteiger partial charge is 0.147 e. The highest BCUT2D eigenvalue weighted by Gasteiger charge is 1.98. The molecule has 0 nitrogen and oxygen atoms in total. The second-order valence-corrected chi connectivity index (χ2v) is 28.2. The summed E-state index contributed by atoms with van der Waals surface area (Å²) in [5, 5.41) is 0. The summed E-state index contributed by atoms with van der Waals surface area (Å²) in [5.74, 6) is 0. The highest BCUT2D eigenvalue weighted by molar-refractivity contribution is 5.87. The van der Waals surface area contributed by atoms with E-state index in [0.717, 1.165) is 0 Å². The summed E-state index contributed by atoms with van der Waals surface area (Å²) in [5.41, 5.74) is 0. The molecular formula is C90H172Cl12. The van der Waals surface area contributed by atoms with E-state index >= 15 is 0 Å². The third kappa shape index (κ3) is 122. The lowest BCUT2D eigenvalue weighted by molar-refractivity contribution is 0.598. The molecule has 0 unspecified atom stereocenters. The fourth-order valence-electron chi connectivity index (χ4n) is 12.9. The van der Waals surface area contributed by atoms with E-state index < -0.39 is 0 Å². The fourth-order valence-corrected chi connectivity index (χ4v) is 12.9. The zero-order valence-corrected chi connectivity index (χ0v) is 75.7. The molecule has 616 valence electrons. The van der Waals surface area contributed by atoms with Crippen molar-refractivity contribution in [2.24, 2.45) is 0 Å². The first kappa shape index (κ1) is 129. The zero-order chi connectivity index (χ0) is 63.6. The van der Waals surface area contributed by atoms with Gasteiger partial charge in [0.15, 0.2) is 0 Å². The second kappa shape index (κ2) is 126. The van der Waals surface area contributed by atoms with Gasteiger partial charge in [-0.2, -0.15) is 0 Å². The van der Waals surface area contributed by atoms with E-state index in [1.807, 2.05) is 0 Å². The summed E-state index contributed by atoms with van der Waals surface area (Å²) in [7, 11) is 0. The monoisotopic (exact) mass is 1670 g/mol. The van der Waals surface area contributed by atoms with Gasteiger partial charge >= 0.3 is 0 Å². The van der Waals surface area contributed by atoms with Crippen molar-refractivity contribution in [3.05, 3.63) is 122 Å². The summed E-state index contributed by atoms with van der Waals surface area (Å²) < 4.78 is 0. The SMILES string of the molecule is C1=CCCCCCCCCC=CCCCCCC1.C1=CCCCCCCCCC=CCCCCCC1.C1=CCCCCCCCCC=CCCCCCC1.C1=CCCCCCCCCC=CCCCCCC1.C1=CCCCCCCCCC=CCCCCCC1.Cl.Cl.Cl.Cl.Cl.Cl.Cl.Cl.Cl.Cl.Cl.Cl. The van der Waals surface area contributed by atoms with Gasteiger partial charge in [-0.15, -0.1) is 149 Å². The highest BCUT2D eigenvalue weighted by atomic mass is 35.5. The number of hydrogen-bond acceptors (Lipinski definition) is 0. The number of rotatable bonds is 0. The standard InChI is InChI=1S/5C18H32.12ClH/c5*1-2-4-6-8-10-12-14-16-18-17-15-13-11-9-7-5-3-1;;;;;;;;;;;;/h5*1-2,15,17H,3-14,16,18H2;12*1H. The van der Waals surface area contributed by atoms with Crippen molar-refractivity contribution >= 4 is 149 Å². The van der Waals surface area contributed by atoms with Crippen molar-refractivity contribution in [2.45, 2.75) is 449 Å². The van der Waals surface area contributed by atoms with Crippen molar-refractivity contribution in [3.63, 3.8) is 0 Å². The molecular weight excluding hydrogens is 1510 g/mol. The quantitative estimate of drug-likeness (QED) is 0.212. The van der Waals surface area contributed by atoms with Crippen LogP contribution in [-0.2, 0) is 0 Å². The fraction of sp³-hybridized carbons (Fsp3) is 0.778. The highest BCUT2D eigenvalue weighted by Crippen LogP contribution is 2.18. The smallest absolute Gasteiger partial charge is 0.0351 e. The van der Waals surface area contributed by atoms with Crippen LogP contribution in [0.15, 0.2) is 122 Å². The molecule has 0 aromatic carbocycles. The van der Waals surface area contributed by atoms with Crippen LogP contribution < -0.4 is 0 Å². The minimum absolute atomic E-state index is 0. The Morgan fingerprint density at radius 1 is 0.0588 bits per heavy atom. The molecule has 0 bridgehead atoms. The molecule has 0 amide bonds.